The van der Waals surface area contributed by atoms with Crippen molar-refractivity contribution in [1.29, 1.82) is 0 Å². The highest BCUT2D eigenvalue weighted by Crippen LogP contribution is 2.40. The van der Waals surface area contributed by atoms with Crippen LogP contribution in [0, 0.1) is 17.8 Å². The zero-order valence-electron chi connectivity index (χ0n) is 17.0. The van der Waals surface area contributed by atoms with E-state index in [1.807, 2.05) is 19.1 Å². The van der Waals surface area contributed by atoms with E-state index >= 15 is 0 Å². The third-order valence-electron chi connectivity index (χ3n) is 5.47. The number of ether oxygens (including phenoxy) is 1. The van der Waals surface area contributed by atoms with Gasteiger partial charge in [0.2, 0.25) is 0 Å². The van der Waals surface area contributed by atoms with Gasteiger partial charge in [0, 0.05) is 10.7 Å². The second-order valence-corrected chi connectivity index (χ2v) is 8.89. The highest BCUT2D eigenvalue weighted by Gasteiger charge is 2.38. The number of carbonyl (C=O) groups excluding carboxylic acids is 1. The van der Waals surface area contributed by atoms with E-state index in [0.717, 1.165) is 51.4 Å². The summed E-state index contributed by atoms with van der Waals surface area (Å²) in [6, 6.07) is 0. The molecule has 0 radical (unpaired) electrons. The van der Waals surface area contributed by atoms with Crippen LogP contribution in [-0.4, -0.2) is 40.3 Å². The second-order valence-electron chi connectivity index (χ2n) is 7.72. The average molecular weight is 445 g/mol. The van der Waals surface area contributed by atoms with E-state index in [9.17, 15) is 15.0 Å². The van der Waals surface area contributed by atoms with E-state index in [1.165, 1.54) is 7.11 Å². The van der Waals surface area contributed by atoms with Gasteiger partial charge in [0.05, 0.1) is 25.2 Å². The Morgan fingerprint density at radius 2 is 2.04 bits per heavy atom. The first-order valence-corrected chi connectivity index (χ1v) is 11.2. The van der Waals surface area contributed by atoms with Gasteiger partial charge in [-0.25, -0.2) is 0 Å². The fourth-order valence-corrected chi connectivity index (χ4v) is 4.61. The third kappa shape index (κ3) is 8.93. The van der Waals surface area contributed by atoms with Gasteiger partial charge in [-0.3, -0.25) is 4.79 Å². The Morgan fingerprint density at radius 1 is 1.30 bits per heavy atom. The molecule has 0 bridgehead atoms. The van der Waals surface area contributed by atoms with Crippen LogP contribution in [-0.2, 0) is 9.53 Å². The number of alkyl halides is 1. The minimum Gasteiger partial charge on any atom is -0.469 e. The molecule has 0 aliphatic heterocycles. The van der Waals surface area contributed by atoms with Gasteiger partial charge in [-0.2, -0.15) is 0 Å². The number of methoxy groups -OCH3 is 1. The van der Waals surface area contributed by atoms with Crippen molar-refractivity contribution < 1.29 is 19.7 Å². The molecule has 1 rings (SSSR count). The molecule has 0 aromatic heterocycles. The Balaban J connectivity index is 2.48. The molecular weight excluding hydrogens is 408 g/mol. The van der Waals surface area contributed by atoms with Crippen molar-refractivity contribution in [2.45, 2.75) is 82.2 Å². The molecule has 156 valence electrons. The van der Waals surface area contributed by atoms with Crippen molar-refractivity contribution in [2.75, 3.05) is 7.11 Å². The van der Waals surface area contributed by atoms with Crippen molar-refractivity contribution in [3.8, 4) is 0 Å². The van der Waals surface area contributed by atoms with Crippen LogP contribution in [0.5, 0.6) is 0 Å². The van der Waals surface area contributed by atoms with Crippen molar-refractivity contribution in [3.05, 3.63) is 24.3 Å². The fraction of sp³-hybridized carbons (Fsp3) is 0.773. The Labute approximate surface area is 173 Å². The Kier molecular flexibility index (Phi) is 12.2. The van der Waals surface area contributed by atoms with Crippen LogP contribution < -0.4 is 0 Å². The highest BCUT2D eigenvalue weighted by atomic mass is 79.9. The highest BCUT2D eigenvalue weighted by molar-refractivity contribution is 9.09. The number of unbranched alkanes of at least 4 members (excludes halogenated alkanes) is 2. The Bertz CT molecular complexity index is 477. The van der Waals surface area contributed by atoms with Crippen LogP contribution in [0.3, 0.4) is 0 Å². The first kappa shape index (κ1) is 24.4. The number of carbonyl (C=O) groups is 1. The molecule has 1 fully saturated rings. The molecule has 2 N–H and O–H groups in total. The van der Waals surface area contributed by atoms with Crippen molar-refractivity contribution in [3.63, 3.8) is 0 Å². The smallest absolute Gasteiger partial charge is 0.308 e. The average Bonchev–Trinajstić information content (AvgIpc) is 2.91. The minimum absolute atomic E-state index is 0.0637. The molecular formula is C22H37BrO4. The summed E-state index contributed by atoms with van der Waals surface area (Å²) in [6.07, 6.45) is 14.7. The zero-order chi connectivity index (χ0) is 20.2. The van der Waals surface area contributed by atoms with Crippen LogP contribution in [0.15, 0.2) is 24.3 Å². The summed E-state index contributed by atoms with van der Waals surface area (Å²) >= 11 is 3.71. The molecule has 1 aliphatic rings. The summed E-state index contributed by atoms with van der Waals surface area (Å²) in [6.45, 7) is 4.04. The molecule has 5 heteroatoms. The molecule has 6 atom stereocenters. The molecule has 27 heavy (non-hydrogen) atoms. The molecule has 0 saturated heterocycles. The number of rotatable bonds is 12. The number of hydrogen-bond acceptors (Lipinski definition) is 4. The Hall–Kier alpha value is -0.650. The van der Waals surface area contributed by atoms with E-state index < -0.39 is 6.10 Å². The molecule has 4 nitrogen and oxygen atoms in total. The number of hydrogen-bond donors (Lipinski definition) is 2. The predicted octanol–water partition coefficient (Wildman–Crippen LogP) is 4.78. The summed E-state index contributed by atoms with van der Waals surface area (Å²) in [5.74, 6) is 0.134. The minimum atomic E-state index is -0.422. The van der Waals surface area contributed by atoms with E-state index in [4.69, 9.17) is 4.74 Å². The van der Waals surface area contributed by atoms with E-state index in [0.29, 0.717) is 5.92 Å². The van der Waals surface area contributed by atoms with Gasteiger partial charge in [0.25, 0.3) is 0 Å². The number of esters is 1. The number of aliphatic hydroxyl groups is 2. The van der Waals surface area contributed by atoms with Gasteiger partial charge >= 0.3 is 5.97 Å². The lowest BCUT2D eigenvalue weighted by atomic mass is 9.90. The van der Waals surface area contributed by atoms with Gasteiger partial charge in [-0.1, -0.05) is 73.3 Å². The maximum absolute atomic E-state index is 11.4. The van der Waals surface area contributed by atoms with Gasteiger partial charge in [0.15, 0.2) is 0 Å². The van der Waals surface area contributed by atoms with Crippen LogP contribution in [0.25, 0.3) is 0 Å². The van der Waals surface area contributed by atoms with E-state index in [2.05, 4.69) is 35.0 Å². The summed E-state index contributed by atoms with van der Waals surface area (Å²) < 4.78 is 4.74. The predicted molar refractivity (Wildman–Crippen MR) is 114 cm³/mol. The number of allylic oxidation sites excluding steroid dienone is 2. The van der Waals surface area contributed by atoms with Gasteiger partial charge in [-0.05, 0) is 38.0 Å². The lowest BCUT2D eigenvalue weighted by molar-refractivity contribution is -0.144. The first-order valence-electron chi connectivity index (χ1n) is 10.3. The van der Waals surface area contributed by atoms with Crippen LogP contribution >= 0.6 is 15.9 Å². The van der Waals surface area contributed by atoms with Crippen LogP contribution in [0.4, 0.5) is 0 Å². The Morgan fingerprint density at radius 3 is 2.70 bits per heavy atom. The van der Waals surface area contributed by atoms with Gasteiger partial charge in [0.1, 0.15) is 0 Å². The van der Waals surface area contributed by atoms with Crippen LogP contribution in [0.2, 0.25) is 0 Å². The van der Waals surface area contributed by atoms with Crippen molar-refractivity contribution >= 4 is 21.9 Å². The maximum atomic E-state index is 11.4. The fourth-order valence-electron chi connectivity index (χ4n) is 3.66. The van der Waals surface area contributed by atoms with E-state index in [-0.39, 0.29) is 28.7 Å². The molecule has 2 unspecified atom stereocenters. The topological polar surface area (TPSA) is 66.8 Å². The van der Waals surface area contributed by atoms with E-state index in [1.54, 1.807) is 0 Å². The largest absolute Gasteiger partial charge is 0.469 e. The maximum Gasteiger partial charge on any atom is 0.308 e. The van der Waals surface area contributed by atoms with Crippen molar-refractivity contribution in [1.82, 2.24) is 0 Å². The molecule has 1 saturated carbocycles. The molecule has 1 aliphatic carbocycles. The monoisotopic (exact) mass is 444 g/mol. The second kappa shape index (κ2) is 13.5. The number of aliphatic hydroxyl groups excluding tert-OH is 2. The molecule has 0 heterocycles. The SMILES string of the molecule is CCCCCC(O)C=C[C@@H]1[C@@H](CC=CCCC(C)C(=O)OC)[C@H](Br)C[C@H]1O. The molecule has 0 spiro atoms. The van der Waals surface area contributed by atoms with Gasteiger partial charge < -0.3 is 14.9 Å². The summed E-state index contributed by atoms with van der Waals surface area (Å²) in [5, 5.41) is 20.5. The normalized spacial score (nSPS) is 28.1. The third-order valence-corrected chi connectivity index (χ3v) is 6.53. The lowest BCUT2D eigenvalue weighted by Crippen LogP contribution is -2.19. The summed E-state index contributed by atoms with van der Waals surface area (Å²) in [5.41, 5.74) is 0. The quantitative estimate of drug-likeness (QED) is 0.196. The van der Waals surface area contributed by atoms with Crippen LogP contribution in [0.1, 0.15) is 65.2 Å². The summed E-state index contributed by atoms with van der Waals surface area (Å²) in [7, 11) is 1.42. The first-order chi connectivity index (χ1) is 12.9. The zero-order valence-corrected chi connectivity index (χ0v) is 18.6. The molecule has 0 aromatic carbocycles. The van der Waals surface area contributed by atoms with Crippen molar-refractivity contribution in [2.24, 2.45) is 17.8 Å². The number of halogens is 1. The summed E-state index contributed by atoms with van der Waals surface area (Å²) in [4.78, 5) is 11.7. The standard InChI is InChI=1S/C22H37BrO4/c1-4-5-7-11-17(24)13-14-19-18(20(23)15-21(19)25)12-9-6-8-10-16(2)22(26)27-3/h6,9,13-14,16-21,24-25H,4-5,7-8,10-12,15H2,1-3H3/t16?,17?,18-,19-,20-,21-/m1/s1. The van der Waals surface area contributed by atoms with Gasteiger partial charge in [-0.15, -0.1) is 0 Å². The lowest BCUT2D eigenvalue weighted by Gasteiger charge is -2.19. The molecule has 0 amide bonds. The molecule has 0 aromatic rings.